The van der Waals surface area contributed by atoms with Crippen molar-refractivity contribution in [1.82, 2.24) is 16.0 Å². The Balaban J connectivity index is 1.38. The second kappa shape index (κ2) is 7.32. The lowest BCUT2D eigenvalue weighted by Gasteiger charge is -2.29. The lowest BCUT2D eigenvalue weighted by atomic mass is 10.00. The number of carbonyl (C=O) groups excluding carboxylic acids is 2. The van der Waals surface area contributed by atoms with Crippen molar-refractivity contribution in [2.75, 3.05) is 6.54 Å². The molecule has 2 aliphatic heterocycles. The summed E-state index contributed by atoms with van der Waals surface area (Å²) in [4.78, 5) is 24.0. The molecule has 2 amide bonds. The highest BCUT2D eigenvalue weighted by atomic mass is 35.5. The van der Waals surface area contributed by atoms with Gasteiger partial charge in [0.1, 0.15) is 0 Å². The Hall–Kier alpha value is -1.59. The van der Waals surface area contributed by atoms with Crippen LogP contribution in [0.15, 0.2) is 24.3 Å². The van der Waals surface area contributed by atoms with Gasteiger partial charge in [-0.05, 0) is 43.9 Å². The van der Waals surface area contributed by atoms with Crippen molar-refractivity contribution < 1.29 is 9.59 Å². The van der Waals surface area contributed by atoms with Crippen LogP contribution in [0.3, 0.4) is 0 Å². The Morgan fingerprint density at radius 3 is 2.65 bits per heavy atom. The van der Waals surface area contributed by atoms with Gasteiger partial charge in [0.25, 0.3) is 5.91 Å². The molecule has 0 aromatic heterocycles. The van der Waals surface area contributed by atoms with E-state index in [1.807, 2.05) is 0 Å². The maximum Gasteiger partial charge on any atom is 0.251 e. The summed E-state index contributed by atoms with van der Waals surface area (Å²) in [6, 6.07) is 8.15. The molecule has 23 heavy (non-hydrogen) atoms. The molecule has 6 heteroatoms. The predicted molar refractivity (Wildman–Crippen MR) is 89.5 cm³/mol. The van der Waals surface area contributed by atoms with Crippen molar-refractivity contribution >= 4 is 23.4 Å². The quantitative estimate of drug-likeness (QED) is 0.769. The molecule has 2 saturated heterocycles. The summed E-state index contributed by atoms with van der Waals surface area (Å²) >= 11 is 5.86. The highest BCUT2D eigenvalue weighted by Crippen LogP contribution is 2.26. The second-order valence-corrected chi connectivity index (χ2v) is 6.83. The molecule has 1 aromatic carbocycles. The average Bonchev–Trinajstić information content (AvgIpc) is 2.86. The molecule has 0 aliphatic carbocycles. The Morgan fingerprint density at radius 2 is 1.96 bits per heavy atom. The molecule has 2 fully saturated rings. The maximum absolute atomic E-state index is 12.0. The smallest absolute Gasteiger partial charge is 0.251 e. The highest BCUT2D eigenvalue weighted by Gasteiger charge is 2.33. The largest absolute Gasteiger partial charge is 0.353 e. The summed E-state index contributed by atoms with van der Waals surface area (Å²) in [5.41, 5.74) is 0.507. The molecule has 3 atom stereocenters. The van der Waals surface area contributed by atoms with E-state index in [1.165, 1.54) is 12.8 Å². The molecule has 2 bridgehead atoms. The molecule has 0 unspecified atom stereocenters. The maximum atomic E-state index is 12.0. The van der Waals surface area contributed by atoms with Crippen LogP contribution in [0.2, 0.25) is 5.02 Å². The number of benzene rings is 1. The third-order valence-electron chi connectivity index (χ3n) is 4.56. The fraction of sp³-hybridized carbons (Fsp3) is 0.529. The van der Waals surface area contributed by atoms with Gasteiger partial charge in [-0.3, -0.25) is 9.59 Å². The van der Waals surface area contributed by atoms with Crippen LogP contribution in [0.4, 0.5) is 0 Å². The highest BCUT2D eigenvalue weighted by molar-refractivity contribution is 6.30. The van der Waals surface area contributed by atoms with Gasteiger partial charge in [0.2, 0.25) is 5.91 Å². The van der Waals surface area contributed by atoms with Gasteiger partial charge in [0.05, 0.1) is 0 Å². The van der Waals surface area contributed by atoms with E-state index in [-0.39, 0.29) is 17.9 Å². The molecule has 124 valence electrons. The van der Waals surface area contributed by atoms with Gasteiger partial charge in [0, 0.05) is 41.7 Å². The Morgan fingerprint density at radius 1 is 1.22 bits per heavy atom. The van der Waals surface area contributed by atoms with E-state index in [0.29, 0.717) is 35.6 Å². The summed E-state index contributed by atoms with van der Waals surface area (Å²) < 4.78 is 0. The number of nitrogens with one attached hydrogen (secondary N) is 3. The van der Waals surface area contributed by atoms with E-state index in [4.69, 9.17) is 11.6 Å². The van der Waals surface area contributed by atoms with Crippen LogP contribution in [0, 0.1) is 0 Å². The molecule has 0 saturated carbocycles. The number of fused-ring (bicyclic) bond motifs is 2. The first-order valence-corrected chi connectivity index (χ1v) is 8.57. The van der Waals surface area contributed by atoms with Crippen LogP contribution in [0.1, 0.15) is 42.5 Å². The summed E-state index contributed by atoms with van der Waals surface area (Å²) in [6.45, 7) is 0.328. The van der Waals surface area contributed by atoms with E-state index in [2.05, 4.69) is 16.0 Å². The summed E-state index contributed by atoms with van der Waals surface area (Å²) in [7, 11) is 0. The molecule has 2 heterocycles. The van der Waals surface area contributed by atoms with Crippen molar-refractivity contribution in [1.29, 1.82) is 0 Å². The SMILES string of the molecule is O=C(CCNC(=O)c1cccc(Cl)c1)N[C@@H]1C[C@H]2CC[C@@H](C1)N2. The number of hydrogen-bond donors (Lipinski definition) is 3. The van der Waals surface area contributed by atoms with Gasteiger partial charge >= 0.3 is 0 Å². The van der Waals surface area contributed by atoms with Gasteiger partial charge in [0.15, 0.2) is 0 Å². The molecule has 5 nitrogen and oxygen atoms in total. The van der Waals surface area contributed by atoms with Crippen molar-refractivity contribution in [3.63, 3.8) is 0 Å². The first kappa shape index (κ1) is 16.3. The first-order chi connectivity index (χ1) is 11.1. The Kier molecular flexibility index (Phi) is 5.18. The Labute approximate surface area is 141 Å². The number of amides is 2. The lowest BCUT2D eigenvalue weighted by Crippen LogP contribution is -2.48. The topological polar surface area (TPSA) is 70.2 Å². The van der Waals surface area contributed by atoms with E-state index in [9.17, 15) is 9.59 Å². The number of carbonyl (C=O) groups is 2. The molecule has 2 aliphatic rings. The first-order valence-electron chi connectivity index (χ1n) is 8.19. The van der Waals surface area contributed by atoms with Gasteiger partial charge in [-0.1, -0.05) is 17.7 Å². The van der Waals surface area contributed by atoms with Crippen LogP contribution in [0.25, 0.3) is 0 Å². The number of piperidine rings is 1. The summed E-state index contributed by atoms with van der Waals surface area (Å²) in [5, 5.41) is 9.92. The second-order valence-electron chi connectivity index (χ2n) is 6.39. The number of halogens is 1. The van der Waals surface area contributed by atoms with Gasteiger partial charge in [-0.15, -0.1) is 0 Å². The average molecular weight is 336 g/mol. The van der Waals surface area contributed by atoms with Crippen LogP contribution in [0.5, 0.6) is 0 Å². The molecule has 3 rings (SSSR count). The van der Waals surface area contributed by atoms with Crippen molar-refractivity contribution in [3.8, 4) is 0 Å². The van der Waals surface area contributed by atoms with Crippen LogP contribution >= 0.6 is 11.6 Å². The fourth-order valence-corrected chi connectivity index (χ4v) is 3.69. The lowest BCUT2D eigenvalue weighted by molar-refractivity contribution is -0.121. The van der Waals surface area contributed by atoms with Gasteiger partial charge < -0.3 is 16.0 Å². The van der Waals surface area contributed by atoms with E-state index >= 15 is 0 Å². The zero-order valence-corrected chi connectivity index (χ0v) is 13.7. The predicted octanol–water partition coefficient (Wildman–Crippen LogP) is 1.86. The van der Waals surface area contributed by atoms with E-state index in [0.717, 1.165) is 12.8 Å². The van der Waals surface area contributed by atoms with Crippen LogP contribution < -0.4 is 16.0 Å². The molecular weight excluding hydrogens is 314 g/mol. The normalized spacial score (nSPS) is 25.9. The molecule has 0 radical (unpaired) electrons. The summed E-state index contributed by atoms with van der Waals surface area (Å²) in [6.07, 6.45) is 4.75. The molecular formula is C17H22ClN3O2. The van der Waals surface area contributed by atoms with Crippen molar-refractivity contribution in [2.24, 2.45) is 0 Å². The minimum Gasteiger partial charge on any atom is -0.353 e. The standard InChI is InChI=1S/C17H22ClN3O2/c18-12-3-1-2-11(8-12)17(23)19-7-6-16(22)21-15-9-13-4-5-14(10-15)20-13/h1-3,8,13-15,20H,4-7,9-10H2,(H,19,23)(H,21,22)/t13-,14+,15-. The van der Waals surface area contributed by atoms with Gasteiger partial charge in [-0.2, -0.15) is 0 Å². The third-order valence-corrected chi connectivity index (χ3v) is 4.80. The van der Waals surface area contributed by atoms with Crippen molar-refractivity contribution in [2.45, 2.75) is 50.2 Å². The molecule has 1 aromatic rings. The zero-order chi connectivity index (χ0) is 16.2. The third kappa shape index (κ3) is 4.45. The minimum absolute atomic E-state index is 0.00249. The van der Waals surface area contributed by atoms with Crippen LogP contribution in [-0.4, -0.2) is 36.5 Å². The fourth-order valence-electron chi connectivity index (χ4n) is 3.50. The monoisotopic (exact) mass is 335 g/mol. The van der Waals surface area contributed by atoms with Gasteiger partial charge in [-0.25, -0.2) is 0 Å². The molecule has 3 N–H and O–H groups in total. The number of rotatable bonds is 5. The number of hydrogen-bond acceptors (Lipinski definition) is 3. The summed E-state index contributed by atoms with van der Waals surface area (Å²) in [5.74, 6) is -0.206. The Bertz CT molecular complexity index is 581. The van der Waals surface area contributed by atoms with Crippen molar-refractivity contribution in [3.05, 3.63) is 34.9 Å². The van der Waals surface area contributed by atoms with E-state index in [1.54, 1.807) is 24.3 Å². The molecule has 0 spiro atoms. The van der Waals surface area contributed by atoms with E-state index < -0.39 is 0 Å². The van der Waals surface area contributed by atoms with Crippen LogP contribution in [-0.2, 0) is 4.79 Å². The zero-order valence-electron chi connectivity index (χ0n) is 13.0. The minimum atomic E-state index is -0.208.